The predicted octanol–water partition coefficient (Wildman–Crippen LogP) is 1.79. The van der Waals surface area contributed by atoms with Crippen molar-refractivity contribution < 1.29 is 9.52 Å². The first kappa shape index (κ1) is 10.7. The zero-order valence-corrected chi connectivity index (χ0v) is 9.28. The molecule has 1 fully saturated rings. The Labute approximate surface area is 90.7 Å². The Morgan fingerprint density at radius 3 is 2.80 bits per heavy atom. The summed E-state index contributed by atoms with van der Waals surface area (Å²) in [4.78, 5) is 2.27. The van der Waals surface area contributed by atoms with E-state index in [1.165, 1.54) is 12.8 Å². The number of hydrogen-bond acceptors (Lipinski definition) is 3. The molecule has 84 valence electrons. The maximum absolute atomic E-state index is 8.98. The van der Waals surface area contributed by atoms with E-state index in [0.717, 1.165) is 37.1 Å². The smallest absolute Gasteiger partial charge is 0.118 e. The summed E-state index contributed by atoms with van der Waals surface area (Å²) in [7, 11) is 0. The highest BCUT2D eigenvalue weighted by atomic mass is 16.3. The Kier molecular flexibility index (Phi) is 3.44. The van der Waals surface area contributed by atoms with Gasteiger partial charge in [0.05, 0.1) is 13.2 Å². The van der Waals surface area contributed by atoms with Crippen molar-refractivity contribution in [3.05, 3.63) is 23.7 Å². The van der Waals surface area contributed by atoms with E-state index in [-0.39, 0.29) is 6.61 Å². The Morgan fingerprint density at radius 1 is 1.47 bits per heavy atom. The highest BCUT2D eigenvalue weighted by Crippen LogP contribution is 2.30. The molecule has 0 bridgehead atoms. The SMILES string of the molecule is Cc1ccc(CN(CCO)CC2CC2)o1. The van der Waals surface area contributed by atoms with E-state index in [4.69, 9.17) is 9.52 Å². The summed E-state index contributed by atoms with van der Waals surface area (Å²) >= 11 is 0. The summed E-state index contributed by atoms with van der Waals surface area (Å²) in [6.07, 6.45) is 2.69. The van der Waals surface area contributed by atoms with Gasteiger partial charge in [0.15, 0.2) is 0 Å². The molecule has 0 spiro atoms. The number of hydrogen-bond donors (Lipinski definition) is 1. The molecule has 0 amide bonds. The van der Waals surface area contributed by atoms with Crippen LogP contribution in [0, 0.1) is 12.8 Å². The lowest BCUT2D eigenvalue weighted by Gasteiger charge is -2.19. The normalized spacial score (nSPS) is 16.2. The molecule has 1 aliphatic rings. The molecule has 3 nitrogen and oxygen atoms in total. The van der Waals surface area contributed by atoms with Gasteiger partial charge in [0, 0.05) is 13.1 Å². The minimum Gasteiger partial charge on any atom is -0.465 e. The fraction of sp³-hybridized carbons (Fsp3) is 0.667. The van der Waals surface area contributed by atoms with E-state index in [9.17, 15) is 0 Å². The van der Waals surface area contributed by atoms with E-state index in [2.05, 4.69) is 4.90 Å². The van der Waals surface area contributed by atoms with Crippen LogP contribution in [0.3, 0.4) is 0 Å². The second kappa shape index (κ2) is 4.81. The first-order chi connectivity index (χ1) is 7.28. The Bertz CT molecular complexity index is 304. The molecular formula is C12H19NO2. The van der Waals surface area contributed by atoms with Crippen molar-refractivity contribution in [3.8, 4) is 0 Å². The van der Waals surface area contributed by atoms with Crippen LogP contribution in [-0.2, 0) is 6.54 Å². The van der Waals surface area contributed by atoms with Gasteiger partial charge in [-0.2, -0.15) is 0 Å². The molecule has 1 saturated carbocycles. The number of aliphatic hydroxyl groups is 1. The molecule has 15 heavy (non-hydrogen) atoms. The van der Waals surface area contributed by atoms with E-state index in [1.807, 2.05) is 19.1 Å². The summed E-state index contributed by atoms with van der Waals surface area (Å²) in [6.45, 7) is 4.86. The molecule has 0 unspecified atom stereocenters. The molecular weight excluding hydrogens is 190 g/mol. The second-order valence-corrected chi connectivity index (χ2v) is 4.41. The van der Waals surface area contributed by atoms with Crippen molar-refractivity contribution in [1.29, 1.82) is 0 Å². The topological polar surface area (TPSA) is 36.6 Å². The number of aliphatic hydroxyl groups excluding tert-OH is 1. The van der Waals surface area contributed by atoms with Crippen LogP contribution in [-0.4, -0.2) is 29.7 Å². The van der Waals surface area contributed by atoms with E-state index in [0.29, 0.717) is 0 Å². The van der Waals surface area contributed by atoms with Gasteiger partial charge in [-0.15, -0.1) is 0 Å². The first-order valence-electron chi connectivity index (χ1n) is 5.66. The highest BCUT2D eigenvalue weighted by molar-refractivity contribution is 5.05. The van der Waals surface area contributed by atoms with Crippen molar-refractivity contribution in [2.75, 3.05) is 19.7 Å². The van der Waals surface area contributed by atoms with Gasteiger partial charge >= 0.3 is 0 Å². The second-order valence-electron chi connectivity index (χ2n) is 4.41. The largest absolute Gasteiger partial charge is 0.465 e. The average molecular weight is 209 g/mol. The van der Waals surface area contributed by atoms with E-state index < -0.39 is 0 Å². The van der Waals surface area contributed by atoms with Crippen molar-refractivity contribution in [2.45, 2.75) is 26.3 Å². The van der Waals surface area contributed by atoms with Gasteiger partial charge in [0.1, 0.15) is 11.5 Å². The molecule has 1 N–H and O–H groups in total. The molecule has 1 heterocycles. The summed E-state index contributed by atoms with van der Waals surface area (Å²) < 4.78 is 5.54. The molecule has 1 aliphatic carbocycles. The molecule has 0 saturated heterocycles. The van der Waals surface area contributed by atoms with Crippen LogP contribution >= 0.6 is 0 Å². The summed E-state index contributed by atoms with van der Waals surface area (Å²) in [5.41, 5.74) is 0. The van der Waals surface area contributed by atoms with Gasteiger partial charge < -0.3 is 9.52 Å². The summed E-state index contributed by atoms with van der Waals surface area (Å²) in [5.74, 6) is 2.81. The molecule has 3 heteroatoms. The standard InChI is InChI=1S/C12H19NO2/c1-10-2-5-12(15-10)9-13(6-7-14)8-11-3-4-11/h2,5,11,14H,3-4,6-9H2,1H3. The van der Waals surface area contributed by atoms with Gasteiger partial charge in [0.25, 0.3) is 0 Å². The number of furan rings is 1. The van der Waals surface area contributed by atoms with Crippen LogP contribution in [0.5, 0.6) is 0 Å². The van der Waals surface area contributed by atoms with Gasteiger partial charge in [-0.3, -0.25) is 4.90 Å². The molecule has 0 radical (unpaired) electrons. The van der Waals surface area contributed by atoms with Crippen molar-refractivity contribution in [3.63, 3.8) is 0 Å². The van der Waals surface area contributed by atoms with Gasteiger partial charge in [-0.05, 0) is 37.8 Å². The Balaban J connectivity index is 1.86. The minimum atomic E-state index is 0.229. The maximum Gasteiger partial charge on any atom is 0.118 e. The monoisotopic (exact) mass is 209 g/mol. The molecule has 0 aromatic carbocycles. The number of rotatable bonds is 6. The molecule has 1 aromatic heterocycles. The lowest BCUT2D eigenvalue weighted by atomic mass is 10.3. The third-order valence-electron chi connectivity index (χ3n) is 2.81. The third-order valence-corrected chi connectivity index (χ3v) is 2.81. The lowest BCUT2D eigenvalue weighted by Crippen LogP contribution is -2.28. The molecule has 2 rings (SSSR count). The van der Waals surface area contributed by atoms with Crippen LogP contribution in [0.2, 0.25) is 0 Å². The average Bonchev–Trinajstić information content (AvgIpc) is 2.90. The van der Waals surface area contributed by atoms with Crippen molar-refractivity contribution in [2.24, 2.45) is 5.92 Å². The maximum atomic E-state index is 8.98. The summed E-state index contributed by atoms with van der Waals surface area (Å²) in [5, 5.41) is 8.98. The van der Waals surface area contributed by atoms with Gasteiger partial charge in [-0.1, -0.05) is 0 Å². The Hall–Kier alpha value is -0.800. The third kappa shape index (κ3) is 3.36. The number of nitrogens with zero attached hydrogens (tertiary/aromatic N) is 1. The molecule has 1 aromatic rings. The van der Waals surface area contributed by atoms with Crippen LogP contribution in [0.4, 0.5) is 0 Å². The van der Waals surface area contributed by atoms with Crippen molar-refractivity contribution in [1.82, 2.24) is 4.90 Å². The van der Waals surface area contributed by atoms with Gasteiger partial charge in [-0.25, -0.2) is 0 Å². The number of aryl methyl sites for hydroxylation is 1. The fourth-order valence-electron chi connectivity index (χ4n) is 1.83. The molecule has 0 atom stereocenters. The highest BCUT2D eigenvalue weighted by Gasteiger charge is 2.24. The lowest BCUT2D eigenvalue weighted by molar-refractivity contribution is 0.175. The van der Waals surface area contributed by atoms with Crippen molar-refractivity contribution >= 4 is 0 Å². The predicted molar refractivity (Wildman–Crippen MR) is 58.5 cm³/mol. The fourth-order valence-corrected chi connectivity index (χ4v) is 1.83. The van der Waals surface area contributed by atoms with Crippen LogP contribution in [0.25, 0.3) is 0 Å². The van der Waals surface area contributed by atoms with E-state index >= 15 is 0 Å². The first-order valence-corrected chi connectivity index (χ1v) is 5.66. The zero-order valence-electron chi connectivity index (χ0n) is 9.28. The minimum absolute atomic E-state index is 0.229. The summed E-state index contributed by atoms with van der Waals surface area (Å²) in [6, 6.07) is 4.01. The quantitative estimate of drug-likeness (QED) is 0.776. The van der Waals surface area contributed by atoms with Gasteiger partial charge in [0.2, 0.25) is 0 Å². The van der Waals surface area contributed by atoms with Crippen LogP contribution in [0.15, 0.2) is 16.5 Å². The van der Waals surface area contributed by atoms with Crippen LogP contribution < -0.4 is 0 Å². The zero-order chi connectivity index (χ0) is 10.7. The Morgan fingerprint density at radius 2 is 2.27 bits per heavy atom. The van der Waals surface area contributed by atoms with E-state index in [1.54, 1.807) is 0 Å². The molecule has 0 aliphatic heterocycles. The van der Waals surface area contributed by atoms with Crippen LogP contribution in [0.1, 0.15) is 24.4 Å².